The van der Waals surface area contributed by atoms with Gasteiger partial charge in [0.05, 0.1) is 0 Å². The fourth-order valence-corrected chi connectivity index (χ4v) is 5.99. The number of ether oxygens (including phenoxy) is 1. The number of carboxylic acid groups (broad SMARTS) is 1. The molecule has 0 aromatic carbocycles. The van der Waals surface area contributed by atoms with E-state index in [0.29, 0.717) is 6.42 Å². The van der Waals surface area contributed by atoms with Crippen LogP contribution in [-0.2, 0) is 14.3 Å². The predicted molar refractivity (Wildman–Crippen MR) is 209 cm³/mol. The quantitative estimate of drug-likeness (QED) is 0.0406. The van der Waals surface area contributed by atoms with Gasteiger partial charge in [-0.3, -0.25) is 9.59 Å². The molecule has 1 unspecified atom stereocenters. The van der Waals surface area contributed by atoms with Crippen LogP contribution in [0.3, 0.4) is 0 Å². The molecule has 0 bridgehead atoms. The van der Waals surface area contributed by atoms with Gasteiger partial charge >= 0.3 is 11.9 Å². The SMILES string of the molecule is CCCCC/C=C\C/C=C\C/C=C\C/C=C\CCCCCCCC(=O)OC(CCCCCCCCCC)CCCCCCCCC(=O)O. The van der Waals surface area contributed by atoms with E-state index in [0.717, 1.165) is 96.3 Å². The van der Waals surface area contributed by atoms with Crippen molar-refractivity contribution in [3.63, 3.8) is 0 Å². The smallest absolute Gasteiger partial charge is 0.306 e. The van der Waals surface area contributed by atoms with E-state index in [1.807, 2.05) is 0 Å². The first-order chi connectivity index (χ1) is 23.6. The molecular weight excluding hydrogens is 592 g/mol. The van der Waals surface area contributed by atoms with Gasteiger partial charge in [-0.25, -0.2) is 0 Å². The maximum absolute atomic E-state index is 12.7. The lowest BCUT2D eigenvalue weighted by Crippen LogP contribution is -2.18. The summed E-state index contributed by atoms with van der Waals surface area (Å²) in [5, 5.41) is 8.78. The fraction of sp³-hybridized carbons (Fsp3) is 0.773. The Labute approximate surface area is 298 Å². The van der Waals surface area contributed by atoms with Gasteiger partial charge in [0, 0.05) is 12.8 Å². The van der Waals surface area contributed by atoms with Gasteiger partial charge in [0.1, 0.15) is 6.10 Å². The van der Waals surface area contributed by atoms with Crippen LogP contribution in [0.1, 0.15) is 213 Å². The second kappa shape index (κ2) is 39.3. The summed E-state index contributed by atoms with van der Waals surface area (Å²) in [4.78, 5) is 23.3. The molecule has 0 heterocycles. The monoisotopic (exact) mass is 671 g/mol. The Morgan fingerprint density at radius 3 is 1.29 bits per heavy atom. The molecule has 0 radical (unpaired) electrons. The van der Waals surface area contributed by atoms with Crippen molar-refractivity contribution in [3.05, 3.63) is 48.6 Å². The molecule has 48 heavy (non-hydrogen) atoms. The number of esters is 1. The third-order valence-electron chi connectivity index (χ3n) is 9.05. The van der Waals surface area contributed by atoms with Crippen LogP contribution in [-0.4, -0.2) is 23.1 Å². The molecule has 0 saturated carbocycles. The second-order valence-electron chi connectivity index (χ2n) is 13.8. The highest BCUT2D eigenvalue weighted by Gasteiger charge is 2.14. The van der Waals surface area contributed by atoms with Crippen molar-refractivity contribution in [3.8, 4) is 0 Å². The molecule has 0 aliphatic rings. The van der Waals surface area contributed by atoms with E-state index in [-0.39, 0.29) is 18.5 Å². The van der Waals surface area contributed by atoms with Crippen molar-refractivity contribution in [1.82, 2.24) is 0 Å². The summed E-state index contributed by atoms with van der Waals surface area (Å²) in [6.45, 7) is 4.51. The topological polar surface area (TPSA) is 63.6 Å². The molecule has 0 aromatic heterocycles. The minimum atomic E-state index is -0.695. The number of allylic oxidation sites excluding steroid dienone is 8. The Hall–Kier alpha value is -2.10. The van der Waals surface area contributed by atoms with Gasteiger partial charge in [0.25, 0.3) is 0 Å². The van der Waals surface area contributed by atoms with E-state index in [1.165, 1.54) is 89.9 Å². The van der Waals surface area contributed by atoms with Crippen LogP contribution in [0.25, 0.3) is 0 Å². The molecule has 1 atom stereocenters. The number of carbonyl (C=O) groups is 2. The Balaban J connectivity index is 3.99. The average Bonchev–Trinajstić information content (AvgIpc) is 3.07. The maximum Gasteiger partial charge on any atom is 0.306 e. The van der Waals surface area contributed by atoms with Gasteiger partial charge in [-0.1, -0.05) is 165 Å². The molecule has 0 aliphatic heterocycles. The summed E-state index contributed by atoms with van der Waals surface area (Å²) in [5.41, 5.74) is 0. The van der Waals surface area contributed by atoms with Gasteiger partial charge in [-0.15, -0.1) is 0 Å². The van der Waals surface area contributed by atoms with Crippen LogP contribution in [0, 0.1) is 0 Å². The zero-order valence-electron chi connectivity index (χ0n) is 31.8. The summed E-state index contributed by atoms with van der Waals surface area (Å²) < 4.78 is 6.00. The predicted octanol–water partition coefficient (Wildman–Crippen LogP) is 14.3. The Morgan fingerprint density at radius 1 is 0.458 bits per heavy atom. The molecule has 4 nitrogen and oxygen atoms in total. The molecule has 278 valence electrons. The summed E-state index contributed by atoms with van der Waals surface area (Å²) in [5.74, 6) is -0.701. The van der Waals surface area contributed by atoms with Gasteiger partial charge in [0.2, 0.25) is 0 Å². The van der Waals surface area contributed by atoms with E-state index in [2.05, 4.69) is 62.5 Å². The summed E-state index contributed by atoms with van der Waals surface area (Å²) in [7, 11) is 0. The lowest BCUT2D eigenvalue weighted by molar-refractivity contribution is -0.150. The van der Waals surface area contributed by atoms with Crippen LogP contribution in [0.5, 0.6) is 0 Å². The Kier molecular flexibility index (Phi) is 37.6. The normalized spacial score (nSPS) is 12.7. The minimum absolute atomic E-state index is 0.00522. The van der Waals surface area contributed by atoms with E-state index >= 15 is 0 Å². The van der Waals surface area contributed by atoms with Crippen molar-refractivity contribution >= 4 is 11.9 Å². The van der Waals surface area contributed by atoms with Gasteiger partial charge in [-0.05, 0) is 83.5 Å². The zero-order valence-corrected chi connectivity index (χ0v) is 31.8. The Morgan fingerprint density at radius 2 is 0.812 bits per heavy atom. The second-order valence-corrected chi connectivity index (χ2v) is 13.8. The van der Waals surface area contributed by atoms with Crippen LogP contribution in [0.4, 0.5) is 0 Å². The molecule has 1 N–H and O–H groups in total. The van der Waals surface area contributed by atoms with E-state index in [4.69, 9.17) is 9.84 Å². The largest absolute Gasteiger partial charge is 0.481 e. The Bertz CT molecular complexity index is 809. The molecule has 0 saturated heterocycles. The molecule has 0 fully saturated rings. The molecule has 4 heteroatoms. The molecule has 0 spiro atoms. The van der Waals surface area contributed by atoms with Gasteiger partial charge in [0.15, 0.2) is 0 Å². The van der Waals surface area contributed by atoms with Crippen molar-refractivity contribution < 1.29 is 19.4 Å². The van der Waals surface area contributed by atoms with E-state index < -0.39 is 5.97 Å². The number of carboxylic acids is 1. The number of hydrogen-bond acceptors (Lipinski definition) is 3. The first kappa shape index (κ1) is 45.9. The molecular formula is C44H78O4. The molecule has 0 aliphatic carbocycles. The van der Waals surface area contributed by atoms with Crippen LogP contribution in [0.15, 0.2) is 48.6 Å². The molecule has 0 aromatic rings. The van der Waals surface area contributed by atoms with E-state index in [1.54, 1.807) is 0 Å². The van der Waals surface area contributed by atoms with Gasteiger partial charge < -0.3 is 9.84 Å². The summed E-state index contributed by atoms with van der Waals surface area (Å²) in [6.07, 6.45) is 52.7. The third kappa shape index (κ3) is 38.3. The summed E-state index contributed by atoms with van der Waals surface area (Å²) >= 11 is 0. The molecule has 0 rings (SSSR count). The third-order valence-corrected chi connectivity index (χ3v) is 9.05. The number of carbonyl (C=O) groups excluding carboxylic acids is 1. The highest BCUT2D eigenvalue weighted by Crippen LogP contribution is 2.19. The minimum Gasteiger partial charge on any atom is -0.481 e. The highest BCUT2D eigenvalue weighted by atomic mass is 16.5. The zero-order chi connectivity index (χ0) is 35.0. The van der Waals surface area contributed by atoms with Crippen molar-refractivity contribution in [1.29, 1.82) is 0 Å². The average molecular weight is 671 g/mol. The standard InChI is InChI=1S/C44H78O4/c1-3-5-7-9-11-13-14-15-16-17-18-19-20-21-22-23-24-25-27-33-37-41-44(47)48-42(38-34-30-26-12-10-8-6-4-2)39-35-31-28-29-32-36-40-43(45)46/h11,13,15-16,18-19,21-22,42H,3-10,12,14,17,20,23-41H2,1-2H3,(H,45,46)/b13-11-,16-15-,19-18-,22-21-. The first-order valence-electron chi connectivity index (χ1n) is 20.6. The van der Waals surface area contributed by atoms with Crippen molar-refractivity contribution in [2.75, 3.05) is 0 Å². The lowest BCUT2D eigenvalue weighted by Gasteiger charge is -2.18. The fourth-order valence-electron chi connectivity index (χ4n) is 5.99. The van der Waals surface area contributed by atoms with E-state index in [9.17, 15) is 9.59 Å². The number of unbranched alkanes of at least 4 members (excludes halogenated alkanes) is 20. The van der Waals surface area contributed by atoms with Gasteiger partial charge in [-0.2, -0.15) is 0 Å². The van der Waals surface area contributed by atoms with Crippen LogP contribution >= 0.6 is 0 Å². The lowest BCUT2D eigenvalue weighted by atomic mass is 10.0. The van der Waals surface area contributed by atoms with Crippen molar-refractivity contribution in [2.45, 2.75) is 219 Å². The van der Waals surface area contributed by atoms with Crippen LogP contribution < -0.4 is 0 Å². The maximum atomic E-state index is 12.7. The van der Waals surface area contributed by atoms with Crippen molar-refractivity contribution in [2.24, 2.45) is 0 Å². The molecule has 0 amide bonds. The number of hydrogen-bond donors (Lipinski definition) is 1. The summed E-state index contributed by atoms with van der Waals surface area (Å²) in [6, 6.07) is 0. The first-order valence-corrected chi connectivity index (χ1v) is 20.6. The number of aliphatic carboxylic acids is 1. The number of rotatable bonds is 37. The van der Waals surface area contributed by atoms with Crippen LogP contribution in [0.2, 0.25) is 0 Å². The highest BCUT2D eigenvalue weighted by molar-refractivity contribution is 5.69.